The van der Waals surface area contributed by atoms with Gasteiger partial charge in [0.25, 0.3) is 0 Å². The largest absolute Gasteiger partial charge is 0.497 e. The second kappa shape index (κ2) is 3.27. The van der Waals surface area contributed by atoms with Gasteiger partial charge in [-0.1, -0.05) is 0 Å². The zero-order valence-electron chi connectivity index (χ0n) is 6.57. The number of carboxylic acid groups (broad SMARTS) is 1. The van der Waals surface area contributed by atoms with Gasteiger partial charge in [-0.3, -0.25) is 0 Å². The van der Waals surface area contributed by atoms with Gasteiger partial charge in [0.05, 0.1) is 13.3 Å². The third-order valence-corrected chi connectivity index (χ3v) is 1.42. The Morgan fingerprint density at radius 1 is 1.83 bits per heavy atom. The Balaban J connectivity index is 2.85. The van der Waals surface area contributed by atoms with Crippen molar-refractivity contribution in [2.45, 2.75) is 6.17 Å². The molecule has 0 spiro atoms. The second-order valence-corrected chi connectivity index (χ2v) is 2.31. The van der Waals surface area contributed by atoms with Crippen LogP contribution in [0, 0.1) is 0 Å². The summed E-state index contributed by atoms with van der Waals surface area (Å²) in [6, 6.07) is 0. The number of nitrogens with one attached hydrogen (secondary N) is 1. The van der Waals surface area contributed by atoms with Crippen molar-refractivity contribution in [1.82, 2.24) is 5.32 Å². The minimum atomic E-state index is -1.05. The number of nitrogens with two attached hydrogens (primary N) is 1. The molecule has 1 aliphatic rings. The maximum atomic E-state index is 10.5. The number of methoxy groups -OCH3 is 1. The maximum absolute atomic E-state index is 10.5. The first-order valence-corrected chi connectivity index (χ1v) is 3.36. The lowest BCUT2D eigenvalue weighted by atomic mass is 10.2. The van der Waals surface area contributed by atoms with Crippen molar-refractivity contribution >= 4 is 5.97 Å². The van der Waals surface area contributed by atoms with Gasteiger partial charge in [0.15, 0.2) is 0 Å². The highest BCUT2D eigenvalue weighted by atomic mass is 16.5. The molecule has 0 radical (unpaired) electrons. The molecule has 0 aromatic heterocycles. The third-order valence-electron chi connectivity index (χ3n) is 1.42. The fourth-order valence-electron chi connectivity index (χ4n) is 0.881. The van der Waals surface area contributed by atoms with Crippen molar-refractivity contribution in [2.24, 2.45) is 5.73 Å². The number of rotatable bonds is 2. The van der Waals surface area contributed by atoms with Crippen LogP contribution in [0.25, 0.3) is 0 Å². The predicted octanol–water partition coefficient (Wildman–Crippen LogP) is -0.627. The van der Waals surface area contributed by atoms with Crippen LogP contribution >= 0.6 is 0 Å². The Hall–Kier alpha value is -1.49. The van der Waals surface area contributed by atoms with Crippen LogP contribution in [0.5, 0.6) is 0 Å². The van der Waals surface area contributed by atoms with Crippen molar-refractivity contribution in [3.8, 4) is 0 Å². The van der Waals surface area contributed by atoms with Gasteiger partial charge in [0.1, 0.15) is 11.5 Å². The molecule has 1 heterocycles. The van der Waals surface area contributed by atoms with E-state index in [1.165, 1.54) is 13.2 Å². The summed E-state index contributed by atoms with van der Waals surface area (Å²) >= 11 is 0. The molecule has 0 aliphatic carbocycles. The molecule has 0 saturated heterocycles. The average Bonchev–Trinajstić information content (AvgIpc) is 2.03. The molecule has 1 atom stereocenters. The Morgan fingerprint density at radius 3 is 3.00 bits per heavy atom. The van der Waals surface area contributed by atoms with E-state index in [-0.39, 0.29) is 5.70 Å². The normalized spacial score (nSPS) is 22.0. The van der Waals surface area contributed by atoms with Gasteiger partial charge in [-0.25, -0.2) is 4.79 Å². The predicted molar refractivity (Wildman–Crippen MR) is 41.9 cm³/mol. The van der Waals surface area contributed by atoms with Crippen LogP contribution in [0.3, 0.4) is 0 Å². The van der Waals surface area contributed by atoms with E-state index in [1.807, 2.05) is 0 Å². The third kappa shape index (κ3) is 1.76. The zero-order valence-corrected chi connectivity index (χ0v) is 6.57. The van der Waals surface area contributed by atoms with Crippen LogP contribution in [0.4, 0.5) is 0 Å². The van der Waals surface area contributed by atoms with Crippen LogP contribution in [0.2, 0.25) is 0 Å². The molecule has 0 bridgehead atoms. The maximum Gasteiger partial charge on any atom is 0.352 e. The van der Waals surface area contributed by atoms with E-state index < -0.39 is 12.1 Å². The first-order chi connectivity index (χ1) is 5.63. The molecule has 1 unspecified atom stereocenters. The number of aliphatic carboxylic acids is 1. The molecule has 0 aromatic rings. The SMILES string of the molecule is COC1=CC(N)NC(C(=O)O)=C1. The van der Waals surface area contributed by atoms with E-state index in [1.54, 1.807) is 6.08 Å². The standard InChI is InChI=1S/C7H10N2O3/c1-12-4-2-5(7(10)11)9-6(8)3-4/h2-3,6,9H,8H2,1H3,(H,10,11). The van der Waals surface area contributed by atoms with Crippen LogP contribution < -0.4 is 11.1 Å². The van der Waals surface area contributed by atoms with E-state index in [2.05, 4.69) is 5.32 Å². The smallest absolute Gasteiger partial charge is 0.352 e. The lowest BCUT2D eigenvalue weighted by molar-refractivity contribution is -0.133. The highest BCUT2D eigenvalue weighted by molar-refractivity contribution is 5.86. The highest BCUT2D eigenvalue weighted by Gasteiger charge is 2.15. The number of ether oxygens (including phenoxy) is 1. The molecule has 5 nitrogen and oxygen atoms in total. The Bertz CT molecular complexity index is 257. The van der Waals surface area contributed by atoms with Crippen LogP contribution in [0.1, 0.15) is 0 Å². The fraction of sp³-hybridized carbons (Fsp3) is 0.286. The molecule has 4 N–H and O–H groups in total. The molecular weight excluding hydrogens is 160 g/mol. The van der Waals surface area contributed by atoms with Crippen molar-refractivity contribution in [1.29, 1.82) is 0 Å². The number of carbonyl (C=O) groups is 1. The highest BCUT2D eigenvalue weighted by Crippen LogP contribution is 2.08. The summed E-state index contributed by atoms with van der Waals surface area (Å²) in [6.45, 7) is 0. The van der Waals surface area contributed by atoms with E-state index in [4.69, 9.17) is 15.6 Å². The molecule has 0 fully saturated rings. The van der Waals surface area contributed by atoms with Gasteiger partial charge in [-0.2, -0.15) is 0 Å². The van der Waals surface area contributed by atoms with Crippen LogP contribution in [-0.2, 0) is 9.53 Å². The van der Waals surface area contributed by atoms with E-state index in [9.17, 15) is 4.79 Å². The molecule has 66 valence electrons. The van der Waals surface area contributed by atoms with Crippen LogP contribution in [-0.4, -0.2) is 24.4 Å². The molecule has 0 aromatic carbocycles. The summed E-state index contributed by atoms with van der Waals surface area (Å²) in [5.41, 5.74) is 5.50. The Morgan fingerprint density at radius 2 is 2.50 bits per heavy atom. The fourth-order valence-corrected chi connectivity index (χ4v) is 0.881. The number of hydrogen-bond donors (Lipinski definition) is 3. The number of allylic oxidation sites excluding steroid dienone is 1. The van der Waals surface area contributed by atoms with Gasteiger partial charge in [-0.15, -0.1) is 0 Å². The van der Waals surface area contributed by atoms with Gasteiger partial charge >= 0.3 is 5.97 Å². The zero-order chi connectivity index (χ0) is 9.14. The second-order valence-electron chi connectivity index (χ2n) is 2.31. The molecule has 1 rings (SSSR count). The van der Waals surface area contributed by atoms with Gasteiger partial charge in [0.2, 0.25) is 0 Å². The Kier molecular flexibility index (Phi) is 2.35. The van der Waals surface area contributed by atoms with E-state index >= 15 is 0 Å². The molecule has 1 aliphatic heterocycles. The first kappa shape index (κ1) is 8.61. The summed E-state index contributed by atoms with van der Waals surface area (Å²) in [7, 11) is 1.46. The van der Waals surface area contributed by atoms with Crippen LogP contribution in [0.15, 0.2) is 23.6 Å². The quantitative estimate of drug-likeness (QED) is 0.514. The lowest BCUT2D eigenvalue weighted by Crippen LogP contribution is -2.39. The minimum Gasteiger partial charge on any atom is -0.497 e. The summed E-state index contributed by atoms with van der Waals surface area (Å²) in [5, 5.41) is 11.2. The summed E-state index contributed by atoms with van der Waals surface area (Å²) in [5.74, 6) is -0.591. The first-order valence-electron chi connectivity index (χ1n) is 3.36. The molecule has 5 heteroatoms. The topological polar surface area (TPSA) is 84.6 Å². The minimum absolute atomic E-state index is 0.0434. The van der Waals surface area contributed by atoms with Gasteiger partial charge < -0.3 is 20.9 Å². The Labute approximate surface area is 69.5 Å². The van der Waals surface area contributed by atoms with Crippen molar-refractivity contribution in [3.63, 3.8) is 0 Å². The number of carboxylic acids is 1. The van der Waals surface area contributed by atoms with Crippen molar-refractivity contribution < 1.29 is 14.6 Å². The molecule has 0 amide bonds. The van der Waals surface area contributed by atoms with Crippen molar-refractivity contribution in [2.75, 3.05) is 7.11 Å². The summed E-state index contributed by atoms with van der Waals surface area (Å²) < 4.78 is 4.84. The summed E-state index contributed by atoms with van der Waals surface area (Å²) in [6.07, 6.45) is 2.47. The molecule has 12 heavy (non-hydrogen) atoms. The molecular formula is C7H10N2O3. The lowest BCUT2D eigenvalue weighted by Gasteiger charge is -2.17. The van der Waals surface area contributed by atoms with Gasteiger partial charge in [0, 0.05) is 6.08 Å². The van der Waals surface area contributed by atoms with E-state index in [0.29, 0.717) is 5.76 Å². The van der Waals surface area contributed by atoms with Crippen molar-refractivity contribution in [3.05, 3.63) is 23.6 Å². The van der Waals surface area contributed by atoms with E-state index in [0.717, 1.165) is 0 Å². The number of hydrogen-bond acceptors (Lipinski definition) is 4. The molecule has 0 saturated carbocycles. The summed E-state index contributed by atoms with van der Waals surface area (Å²) in [4.78, 5) is 10.5. The number of dihydropyridines is 1. The monoisotopic (exact) mass is 170 g/mol. The van der Waals surface area contributed by atoms with Gasteiger partial charge in [-0.05, 0) is 6.08 Å². The average molecular weight is 170 g/mol.